The van der Waals surface area contributed by atoms with E-state index in [1.165, 1.54) is 106 Å². The minimum absolute atomic E-state index is 0.227. The van der Waals surface area contributed by atoms with Crippen LogP contribution < -0.4 is 5.32 Å². The van der Waals surface area contributed by atoms with Crippen molar-refractivity contribution in [3.8, 4) is 0 Å². The summed E-state index contributed by atoms with van der Waals surface area (Å²) in [6.07, 6.45) is 12.6. The van der Waals surface area contributed by atoms with Crippen molar-refractivity contribution < 1.29 is 4.79 Å². The van der Waals surface area contributed by atoms with Crippen molar-refractivity contribution in [2.75, 3.05) is 52.4 Å². The van der Waals surface area contributed by atoms with Crippen molar-refractivity contribution in [2.45, 2.75) is 96.1 Å². The van der Waals surface area contributed by atoms with Gasteiger partial charge in [-0.15, -0.1) is 0 Å². The summed E-state index contributed by atoms with van der Waals surface area (Å²) in [4.78, 5) is 19.0. The van der Waals surface area contributed by atoms with Gasteiger partial charge < -0.3 is 10.2 Å². The molecule has 4 fully saturated rings. The van der Waals surface area contributed by atoms with Gasteiger partial charge in [0.15, 0.2) is 0 Å². The molecule has 0 aromatic heterocycles. The summed E-state index contributed by atoms with van der Waals surface area (Å²) in [6.45, 7) is 15.8. The summed E-state index contributed by atoms with van der Waals surface area (Å²) in [7, 11) is 0. The maximum Gasteiger partial charge on any atom is 0.219 e. The molecule has 0 aliphatic carbocycles. The molecule has 0 unspecified atom stereocenters. The van der Waals surface area contributed by atoms with E-state index in [2.05, 4.69) is 109 Å². The summed E-state index contributed by atoms with van der Waals surface area (Å²) in [5.41, 5.74) is 3.69. The van der Waals surface area contributed by atoms with Crippen LogP contribution in [0.25, 0.3) is 0 Å². The lowest BCUT2D eigenvalue weighted by molar-refractivity contribution is -0.131. The predicted octanol–water partition coefficient (Wildman–Crippen LogP) is 7.95. The van der Waals surface area contributed by atoms with E-state index in [1.807, 2.05) is 4.90 Å². The Hall–Kier alpha value is -1.25. The van der Waals surface area contributed by atoms with Gasteiger partial charge in [-0.05, 0) is 165 Å². The second kappa shape index (κ2) is 16.2. The quantitative estimate of drug-likeness (QED) is 0.326. The van der Waals surface area contributed by atoms with E-state index in [0.29, 0.717) is 5.54 Å². The molecule has 7 heteroatoms. The van der Waals surface area contributed by atoms with Crippen LogP contribution >= 0.6 is 31.9 Å². The van der Waals surface area contributed by atoms with Gasteiger partial charge in [0.1, 0.15) is 0 Å². The monoisotopic (exact) mass is 742 g/mol. The first kappa shape index (κ1) is 35.1. The number of rotatable bonds is 6. The standard InChI is InChI=1S/C20H29BrN2O.C18H27BrN2/c1-16(24)22-13-9-20(2,10-14-22)23-11-7-18(8-12-23)15-17-3-5-19(21)6-4-17;1-18(8-10-20-11-9-18)21-12-6-16(7-13-21)14-15-2-4-17(19)5-3-15/h3-6,18H,7-15H2,1-2H3;2-5,16,20H,6-14H2,1H3. The summed E-state index contributed by atoms with van der Waals surface area (Å²) in [5.74, 6) is 1.90. The zero-order valence-electron chi connectivity index (χ0n) is 28.0. The van der Waals surface area contributed by atoms with Gasteiger partial charge in [-0.25, -0.2) is 0 Å². The molecule has 4 aliphatic heterocycles. The Morgan fingerprint density at radius 1 is 0.667 bits per heavy atom. The van der Waals surface area contributed by atoms with E-state index in [-0.39, 0.29) is 11.4 Å². The van der Waals surface area contributed by atoms with E-state index >= 15 is 0 Å². The summed E-state index contributed by atoms with van der Waals surface area (Å²) >= 11 is 7.03. The van der Waals surface area contributed by atoms with E-state index in [1.54, 1.807) is 6.92 Å². The third kappa shape index (κ3) is 9.88. The molecule has 0 bridgehead atoms. The third-order valence-electron chi connectivity index (χ3n) is 11.6. The predicted molar refractivity (Wildman–Crippen MR) is 195 cm³/mol. The molecule has 6 rings (SSSR count). The maximum atomic E-state index is 11.5. The molecular formula is C38H56Br2N4O. The number of hydrogen-bond acceptors (Lipinski definition) is 4. The average molecular weight is 745 g/mol. The highest BCUT2D eigenvalue weighted by Crippen LogP contribution is 2.34. The Kier molecular flexibility index (Phi) is 12.7. The minimum Gasteiger partial charge on any atom is -0.343 e. The Morgan fingerprint density at radius 3 is 1.42 bits per heavy atom. The van der Waals surface area contributed by atoms with Gasteiger partial charge in [0, 0.05) is 40.0 Å². The SMILES string of the molecule is CC(=O)N1CCC(C)(N2CCC(Cc3ccc(Br)cc3)CC2)CC1.CC1(N2CCC(Cc3ccc(Br)cc3)CC2)CCNCC1. The van der Waals surface area contributed by atoms with Gasteiger partial charge in [-0.3, -0.25) is 14.6 Å². The molecule has 0 saturated carbocycles. The molecule has 0 spiro atoms. The second-order valence-electron chi connectivity index (χ2n) is 14.8. The van der Waals surface area contributed by atoms with Gasteiger partial charge in [0.05, 0.1) is 0 Å². The van der Waals surface area contributed by atoms with E-state index in [9.17, 15) is 4.79 Å². The number of carbonyl (C=O) groups is 1. The van der Waals surface area contributed by atoms with Gasteiger partial charge in [-0.2, -0.15) is 0 Å². The normalized spacial score (nSPS) is 23.3. The van der Waals surface area contributed by atoms with Crippen molar-refractivity contribution in [3.05, 3.63) is 68.6 Å². The van der Waals surface area contributed by atoms with Crippen molar-refractivity contribution in [2.24, 2.45) is 11.8 Å². The third-order valence-corrected chi connectivity index (χ3v) is 12.7. The van der Waals surface area contributed by atoms with Crippen LogP contribution in [0.2, 0.25) is 0 Å². The number of nitrogens with zero attached hydrogens (tertiary/aromatic N) is 3. The van der Waals surface area contributed by atoms with Crippen LogP contribution in [0.3, 0.4) is 0 Å². The molecule has 1 amide bonds. The molecule has 2 aromatic carbocycles. The Bertz CT molecular complexity index is 1190. The number of amides is 1. The second-order valence-corrected chi connectivity index (χ2v) is 16.6. The number of carbonyl (C=O) groups excluding carboxylic acids is 1. The molecule has 4 aliphatic rings. The van der Waals surface area contributed by atoms with E-state index in [0.717, 1.165) is 42.2 Å². The Balaban J connectivity index is 0.000000179. The van der Waals surface area contributed by atoms with Gasteiger partial charge in [-0.1, -0.05) is 56.1 Å². The van der Waals surface area contributed by atoms with Crippen LogP contribution in [0.4, 0.5) is 0 Å². The zero-order chi connectivity index (χ0) is 31.9. The van der Waals surface area contributed by atoms with Crippen molar-refractivity contribution >= 4 is 37.8 Å². The summed E-state index contributed by atoms with van der Waals surface area (Å²) in [6, 6.07) is 17.7. The average Bonchev–Trinajstić information content (AvgIpc) is 3.05. The first-order valence-corrected chi connectivity index (χ1v) is 19.2. The van der Waals surface area contributed by atoms with Gasteiger partial charge >= 0.3 is 0 Å². The molecule has 2 aromatic rings. The number of nitrogens with one attached hydrogen (secondary N) is 1. The lowest BCUT2D eigenvalue weighted by Gasteiger charge is -2.49. The van der Waals surface area contributed by atoms with Crippen LogP contribution in [0.1, 0.15) is 83.3 Å². The molecule has 45 heavy (non-hydrogen) atoms. The highest BCUT2D eigenvalue weighted by molar-refractivity contribution is 9.10. The van der Waals surface area contributed by atoms with Gasteiger partial charge in [0.2, 0.25) is 5.91 Å². The molecule has 248 valence electrons. The molecule has 4 heterocycles. The fourth-order valence-electron chi connectivity index (χ4n) is 8.16. The maximum absolute atomic E-state index is 11.5. The molecule has 1 N–H and O–H groups in total. The lowest BCUT2D eigenvalue weighted by Crippen LogP contribution is -2.56. The van der Waals surface area contributed by atoms with Crippen LogP contribution in [0.15, 0.2) is 57.5 Å². The molecule has 0 radical (unpaired) electrons. The van der Waals surface area contributed by atoms with E-state index < -0.39 is 0 Å². The highest BCUT2D eigenvalue weighted by Gasteiger charge is 2.38. The van der Waals surface area contributed by atoms with Gasteiger partial charge in [0.25, 0.3) is 0 Å². The van der Waals surface area contributed by atoms with Crippen LogP contribution in [0.5, 0.6) is 0 Å². The van der Waals surface area contributed by atoms with Crippen LogP contribution in [-0.2, 0) is 17.6 Å². The molecule has 5 nitrogen and oxygen atoms in total. The van der Waals surface area contributed by atoms with Crippen molar-refractivity contribution in [1.82, 2.24) is 20.0 Å². The summed E-state index contributed by atoms with van der Waals surface area (Å²) in [5, 5.41) is 3.49. The fourth-order valence-corrected chi connectivity index (χ4v) is 8.69. The number of likely N-dealkylation sites (tertiary alicyclic amines) is 3. The number of halogens is 2. The molecule has 4 saturated heterocycles. The summed E-state index contributed by atoms with van der Waals surface area (Å²) < 4.78 is 2.34. The Labute approximate surface area is 290 Å². The minimum atomic E-state index is 0.227. The number of hydrogen-bond donors (Lipinski definition) is 1. The topological polar surface area (TPSA) is 38.8 Å². The first-order valence-electron chi connectivity index (χ1n) is 17.6. The number of benzene rings is 2. The molecule has 0 atom stereocenters. The number of piperidine rings is 4. The zero-order valence-corrected chi connectivity index (χ0v) is 31.2. The van der Waals surface area contributed by atoms with Crippen molar-refractivity contribution in [3.63, 3.8) is 0 Å². The first-order chi connectivity index (χ1) is 21.6. The largest absolute Gasteiger partial charge is 0.343 e. The van der Waals surface area contributed by atoms with Crippen molar-refractivity contribution in [1.29, 1.82) is 0 Å². The van der Waals surface area contributed by atoms with E-state index in [4.69, 9.17) is 0 Å². The van der Waals surface area contributed by atoms with Crippen LogP contribution in [0, 0.1) is 11.8 Å². The lowest BCUT2D eigenvalue weighted by atomic mass is 9.83. The highest BCUT2D eigenvalue weighted by atomic mass is 79.9. The smallest absolute Gasteiger partial charge is 0.219 e. The Morgan fingerprint density at radius 2 is 1.04 bits per heavy atom. The van der Waals surface area contributed by atoms with Crippen LogP contribution in [-0.4, -0.2) is 84.0 Å². The fraction of sp³-hybridized carbons (Fsp3) is 0.658. The molecular weight excluding hydrogens is 688 g/mol.